The lowest BCUT2D eigenvalue weighted by atomic mass is 10.1. The Kier molecular flexibility index (Phi) is 4.13. The smallest absolute Gasteiger partial charge is 0.386 e. The Balaban J connectivity index is 2.24. The molecule has 1 unspecified atom stereocenters. The molecule has 0 saturated heterocycles. The zero-order chi connectivity index (χ0) is 15.6. The van der Waals surface area contributed by atoms with Crippen LogP contribution in [0.4, 0.5) is 13.2 Å². The van der Waals surface area contributed by atoms with E-state index in [9.17, 15) is 23.1 Å². The first-order valence-corrected chi connectivity index (χ1v) is 6.16. The Morgan fingerprint density at radius 2 is 2.05 bits per heavy atom. The van der Waals surface area contributed by atoms with Gasteiger partial charge >= 0.3 is 6.18 Å². The van der Waals surface area contributed by atoms with Crippen LogP contribution in [0.25, 0.3) is 0 Å². The third kappa shape index (κ3) is 3.69. The van der Waals surface area contributed by atoms with E-state index in [1.165, 1.54) is 24.4 Å². The predicted molar refractivity (Wildman–Crippen MR) is 69.6 cm³/mol. The van der Waals surface area contributed by atoms with Gasteiger partial charge in [0, 0.05) is 6.07 Å². The van der Waals surface area contributed by atoms with Gasteiger partial charge in [-0.05, 0) is 30.2 Å². The first kappa shape index (κ1) is 15.2. The summed E-state index contributed by atoms with van der Waals surface area (Å²) >= 11 is 0. The van der Waals surface area contributed by atoms with Crippen molar-refractivity contribution in [3.63, 3.8) is 0 Å². The van der Waals surface area contributed by atoms with E-state index >= 15 is 0 Å². The summed E-state index contributed by atoms with van der Waals surface area (Å²) in [6.07, 6.45) is -4.28. The van der Waals surface area contributed by atoms with Gasteiger partial charge in [0.2, 0.25) is 0 Å². The van der Waals surface area contributed by atoms with Crippen LogP contribution in [0.3, 0.4) is 0 Å². The lowest BCUT2D eigenvalue weighted by Gasteiger charge is -2.14. The molecular weight excluding hydrogens is 285 g/mol. The highest BCUT2D eigenvalue weighted by Gasteiger charge is 2.30. The standard InChI is InChI=1S/C14H13F3N2O2/c1-9-5-13(21)19(18-7-9)8-12(20)10-3-2-4-11(6-10)14(15,16)17/h2-7,12,20H,8H2,1H3. The van der Waals surface area contributed by atoms with Crippen molar-refractivity contribution in [1.29, 1.82) is 0 Å². The molecule has 0 amide bonds. The molecule has 1 aromatic carbocycles. The second kappa shape index (κ2) is 5.69. The molecule has 1 N–H and O–H groups in total. The molecule has 0 aliphatic rings. The average Bonchev–Trinajstić information content (AvgIpc) is 2.41. The first-order valence-electron chi connectivity index (χ1n) is 6.16. The van der Waals surface area contributed by atoms with Crippen molar-refractivity contribution in [2.75, 3.05) is 0 Å². The van der Waals surface area contributed by atoms with Gasteiger partial charge < -0.3 is 5.11 Å². The molecule has 7 heteroatoms. The summed E-state index contributed by atoms with van der Waals surface area (Å²) in [5.41, 5.74) is -0.506. The number of hydrogen-bond donors (Lipinski definition) is 1. The molecular formula is C14H13F3N2O2. The minimum Gasteiger partial charge on any atom is -0.386 e. The van der Waals surface area contributed by atoms with Crippen LogP contribution in [0.5, 0.6) is 0 Å². The van der Waals surface area contributed by atoms with E-state index < -0.39 is 23.4 Å². The first-order chi connectivity index (χ1) is 9.77. The summed E-state index contributed by atoms with van der Waals surface area (Å²) in [6, 6.07) is 5.72. The molecule has 0 aliphatic heterocycles. The third-order valence-corrected chi connectivity index (χ3v) is 2.95. The second-order valence-electron chi connectivity index (χ2n) is 4.69. The van der Waals surface area contributed by atoms with Gasteiger partial charge in [-0.3, -0.25) is 4.79 Å². The molecule has 112 valence electrons. The molecule has 1 heterocycles. The zero-order valence-corrected chi connectivity index (χ0v) is 11.1. The molecule has 4 nitrogen and oxygen atoms in total. The average molecular weight is 298 g/mol. The highest BCUT2D eigenvalue weighted by atomic mass is 19.4. The fourth-order valence-corrected chi connectivity index (χ4v) is 1.85. The Morgan fingerprint density at radius 3 is 2.67 bits per heavy atom. The molecule has 2 rings (SSSR count). The number of aryl methyl sites for hydroxylation is 1. The van der Waals surface area contributed by atoms with E-state index in [2.05, 4.69) is 5.10 Å². The van der Waals surface area contributed by atoms with Crippen molar-refractivity contribution in [3.05, 3.63) is 63.6 Å². The van der Waals surface area contributed by atoms with Gasteiger partial charge in [0.05, 0.1) is 24.4 Å². The van der Waals surface area contributed by atoms with Gasteiger partial charge in [-0.1, -0.05) is 12.1 Å². The summed E-state index contributed by atoms with van der Waals surface area (Å²) in [6.45, 7) is 1.49. The monoisotopic (exact) mass is 298 g/mol. The molecule has 0 spiro atoms. The summed E-state index contributed by atoms with van der Waals surface area (Å²) < 4.78 is 38.9. The fourth-order valence-electron chi connectivity index (χ4n) is 1.85. The highest BCUT2D eigenvalue weighted by molar-refractivity contribution is 5.27. The summed E-state index contributed by atoms with van der Waals surface area (Å²) in [5, 5.41) is 13.8. The Hall–Kier alpha value is -2.15. The maximum atomic E-state index is 12.6. The fraction of sp³-hybridized carbons (Fsp3) is 0.286. The molecule has 0 radical (unpaired) electrons. The van der Waals surface area contributed by atoms with Crippen LogP contribution in [-0.2, 0) is 12.7 Å². The van der Waals surface area contributed by atoms with Gasteiger partial charge in [-0.2, -0.15) is 18.3 Å². The van der Waals surface area contributed by atoms with E-state index in [1.54, 1.807) is 6.92 Å². The van der Waals surface area contributed by atoms with Gasteiger partial charge in [-0.15, -0.1) is 0 Å². The van der Waals surface area contributed by atoms with Gasteiger partial charge in [0.15, 0.2) is 0 Å². The molecule has 21 heavy (non-hydrogen) atoms. The maximum Gasteiger partial charge on any atom is 0.416 e. The van der Waals surface area contributed by atoms with Crippen LogP contribution >= 0.6 is 0 Å². The lowest BCUT2D eigenvalue weighted by molar-refractivity contribution is -0.137. The van der Waals surface area contributed by atoms with Crippen LogP contribution in [-0.4, -0.2) is 14.9 Å². The molecule has 0 aliphatic carbocycles. The Bertz CT molecular complexity index is 695. The van der Waals surface area contributed by atoms with E-state index in [0.717, 1.165) is 16.8 Å². The Labute approximate surface area is 118 Å². The number of benzene rings is 1. The van der Waals surface area contributed by atoms with Crippen molar-refractivity contribution < 1.29 is 18.3 Å². The number of halogens is 3. The molecule has 0 fully saturated rings. The van der Waals surface area contributed by atoms with Crippen LogP contribution in [0.2, 0.25) is 0 Å². The molecule has 1 aromatic heterocycles. The van der Waals surface area contributed by atoms with Crippen molar-refractivity contribution in [3.8, 4) is 0 Å². The highest BCUT2D eigenvalue weighted by Crippen LogP contribution is 2.30. The van der Waals surface area contributed by atoms with Crippen LogP contribution in [0, 0.1) is 6.92 Å². The Morgan fingerprint density at radius 1 is 1.33 bits per heavy atom. The largest absolute Gasteiger partial charge is 0.416 e. The number of rotatable bonds is 3. The summed E-state index contributed by atoms with van der Waals surface area (Å²) in [4.78, 5) is 11.6. The number of hydrogen-bond acceptors (Lipinski definition) is 3. The third-order valence-electron chi connectivity index (χ3n) is 2.95. The minimum absolute atomic E-state index is 0.0825. The van der Waals surface area contributed by atoms with Crippen molar-refractivity contribution in [2.45, 2.75) is 25.7 Å². The zero-order valence-electron chi connectivity index (χ0n) is 11.1. The van der Waals surface area contributed by atoms with E-state index in [1.807, 2.05) is 0 Å². The van der Waals surface area contributed by atoms with Crippen LogP contribution in [0.15, 0.2) is 41.3 Å². The van der Waals surface area contributed by atoms with Crippen molar-refractivity contribution >= 4 is 0 Å². The lowest BCUT2D eigenvalue weighted by Crippen LogP contribution is -2.25. The number of nitrogens with zero attached hydrogens (tertiary/aromatic N) is 2. The quantitative estimate of drug-likeness (QED) is 0.946. The predicted octanol–water partition coefficient (Wildman–Crippen LogP) is 2.30. The number of aromatic nitrogens is 2. The SMILES string of the molecule is Cc1cnn(CC(O)c2cccc(C(F)(F)F)c2)c(=O)c1. The van der Waals surface area contributed by atoms with E-state index in [4.69, 9.17) is 0 Å². The number of aliphatic hydroxyl groups is 1. The maximum absolute atomic E-state index is 12.6. The van der Waals surface area contributed by atoms with Crippen LogP contribution in [0.1, 0.15) is 22.8 Å². The molecule has 0 bridgehead atoms. The van der Waals surface area contributed by atoms with Gasteiger partial charge in [0.25, 0.3) is 5.56 Å². The number of aliphatic hydroxyl groups excluding tert-OH is 1. The minimum atomic E-state index is -4.48. The summed E-state index contributed by atoms with van der Waals surface area (Å²) in [5.74, 6) is 0. The van der Waals surface area contributed by atoms with E-state index in [0.29, 0.717) is 5.56 Å². The van der Waals surface area contributed by atoms with Crippen LogP contribution < -0.4 is 5.56 Å². The normalized spacial score (nSPS) is 13.2. The van der Waals surface area contributed by atoms with Crippen molar-refractivity contribution in [1.82, 2.24) is 9.78 Å². The molecule has 2 aromatic rings. The summed E-state index contributed by atoms with van der Waals surface area (Å²) in [7, 11) is 0. The molecule has 1 atom stereocenters. The number of alkyl halides is 3. The van der Waals surface area contributed by atoms with Gasteiger partial charge in [0.1, 0.15) is 0 Å². The van der Waals surface area contributed by atoms with E-state index in [-0.39, 0.29) is 12.1 Å². The van der Waals surface area contributed by atoms with Crippen molar-refractivity contribution in [2.24, 2.45) is 0 Å². The van der Waals surface area contributed by atoms with Gasteiger partial charge in [-0.25, -0.2) is 4.68 Å². The molecule has 0 saturated carbocycles. The topological polar surface area (TPSA) is 55.1 Å². The second-order valence-corrected chi connectivity index (χ2v) is 4.69.